The molecule has 0 radical (unpaired) electrons. The lowest BCUT2D eigenvalue weighted by molar-refractivity contribution is 0.332. The van der Waals surface area contributed by atoms with Crippen LogP contribution in [0, 0.1) is 26.2 Å². The van der Waals surface area contributed by atoms with Crippen LogP contribution in [0.25, 0.3) is 39.0 Å². The summed E-state index contributed by atoms with van der Waals surface area (Å²) in [4.78, 5) is 0. The molecule has 312 valence electrons. The highest BCUT2D eigenvalue weighted by Gasteiger charge is 2.41. The number of nitrogens with one attached hydrogen (secondary N) is 2. The molecule has 0 saturated carbocycles. The van der Waals surface area contributed by atoms with Crippen LogP contribution < -0.4 is 16.1 Å². The number of anilines is 2. The highest BCUT2D eigenvalue weighted by atomic mass is 14.9. The molecule has 0 unspecified atom stereocenters. The largest absolute Gasteiger partial charge is 0.362 e. The topological polar surface area (TPSA) is 24.1 Å². The van der Waals surface area contributed by atoms with Gasteiger partial charge in [-0.25, -0.2) is 0 Å². The molecule has 2 bridgehead atoms. The molecule has 11 rings (SSSR count). The minimum Gasteiger partial charge on any atom is -0.362 e. The van der Waals surface area contributed by atoms with Crippen LogP contribution in [-0.2, 0) is 16.2 Å². The Morgan fingerprint density at radius 2 is 1.35 bits per heavy atom. The van der Waals surface area contributed by atoms with Gasteiger partial charge in [-0.05, 0) is 172 Å². The van der Waals surface area contributed by atoms with Gasteiger partial charge in [-0.1, -0.05) is 151 Å². The third kappa shape index (κ3) is 6.36. The zero-order valence-corrected chi connectivity index (χ0v) is 39.0. The van der Waals surface area contributed by atoms with E-state index in [0.717, 1.165) is 25.8 Å². The van der Waals surface area contributed by atoms with Crippen molar-refractivity contribution >= 4 is 29.7 Å². The fourth-order valence-corrected chi connectivity index (χ4v) is 12.2. The number of rotatable bonds is 4. The maximum atomic E-state index is 4.26. The van der Waals surface area contributed by atoms with E-state index in [0.29, 0.717) is 0 Å². The van der Waals surface area contributed by atoms with E-state index in [1.54, 1.807) is 0 Å². The van der Waals surface area contributed by atoms with E-state index >= 15 is 0 Å². The van der Waals surface area contributed by atoms with Crippen molar-refractivity contribution in [3.8, 4) is 33.4 Å². The fourth-order valence-electron chi connectivity index (χ4n) is 12.2. The number of fused-ring (bicyclic) bond motifs is 6. The van der Waals surface area contributed by atoms with Gasteiger partial charge >= 0.3 is 0 Å². The summed E-state index contributed by atoms with van der Waals surface area (Å²) < 4.78 is 0. The smallest absolute Gasteiger partial charge is 0.195 e. The molecule has 62 heavy (non-hydrogen) atoms. The molecule has 2 N–H and O–H groups in total. The Kier molecular flexibility index (Phi) is 9.31. The number of hydrogen-bond donors (Lipinski definition) is 2. The third-order valence-electron chi connectivity index (χ3n) is 15.6. The van der Waals surface area contributed by atoms with Crippen molar-refractivity contribution in [2.45, 2.75) is 118 Å². The molecule has 0 amide bonds. The molecule has 5 aromatic carbocycles. The summed E-state index contributed by atoms with van der Waals surface area (Å²) in [5.41, 5.74) is 27.8. The van der Waals surface area contributed by atoms with Gasteiger partial charge < -0.3 is 10.6 Å². The van der Waals surface area contributed by atoms with Crippen LogP contribution in [0.2, 0.25) is 0 Å². The van der Waals surface area contributed by atoms with E-state index in [-0.39, 0.29) is 21.7 Å². The SMILES string of the molecule is Cc1cc(C)c(-c2cc3c(c(-c4ccc5c(c4Nc4ccc6c(c4)C(C)(C)CCC6(C)C)C(C)(C)c4ccccc4-5)c2)BC2=C\NC4=C(CCC=C4)C(C)(C)/C3=C/C=C\2)c(C)c1. The van der Waals surface area contributed by atoms with E-state index in [9.17, 15) is 0 Å². The number of allylic oxidation sites excluding steroid dienone is 8. The summed E-state index contributed by atoms with van der Waals surface area (Å²) in [6, 6.07) is 31.1. The zero-order valence-electron chi connectivity index (χ0n) is 39.0. The average Bonchev–Trinajstić information content (AvgIpc) is 3.45. The molecule has 3 heteroatoms. The van der Waals surface area contributed by atoms with Gasteiger partial charge in [0.1, 0.15) is 0 Å². The van der Waals surface area contributed by atoms with E-state index in [2.05, 4.69) is 202 Å². The Labute approximate surface area is 372 Å². The Hall–Kier alpha value is -5.54. The van der Waals surface area contributed by atoms with Crippen LogP contribution in [0.15, 0.2) is 132 Å². The molecular formula is C59H63BN2. The summed E-state index contributed by atoms with van der Waals surface area (Å²) in [6.45, 7) is 26.3. The monoisotopic (exact) mass is 811 g/mol. The highest BCUT2D eigenvalue weighted by molar-refractivity contribution is 6.65. The van der Waals surface area contributed by atoms with Crippen LogP contribution in [-0.4, -0.2) is 7.28 Å². The van der Waals surface area contributed by atoms with Gasteiger partial charge in [0.2, 0.25) is 0 Å². The van der Waals surface area contributed by atoms with Crippen molar-refractivity contribution in [2.75, 3.05) is 5.32 Å². The molecule has 2 nitrogen and oxygen atoms in total. The zero-order chi connectivity index (χ0) is 43.5. The van der Waals surface area contributed by atoms with Crippen molar-refractivity contribution in [3.63, 3.8) is 0 Å². The first kappa shape index (κ1) is 40.5. The van der Waals surface area contributed by atoms with Gasteiger partial charge in [0, 0.05) is 27.8 Å². The van der Waals surface area contributed by atoms with Crippen molar-refractivity contribution in [3.05, 3.63) is 177 Å². The van der Waals surface area contributed by atoms with E-state index in [1.165, 1.54) is 124 Å². The molecule has 0 aromatic heterocycles. The van der Waals surface area contributed by atoms with E-state index in [4.69, 9.17) is 0 Å². The van der Waals surface area contributed by atoms with E-state index < -0.39 is 0 Å². The second kappa shape index (κ2) is 14.2. The summed E-state index contributed by atoms with van der Waals surface area (Å²) in [5, 5.41) is 8.08. The minimum absolute atomic E-state index is 0.0989. The summed E-state index contributed by atoms with van der Waals surface area (Å²) in [7, 11) is 0.808. The predicted molar refractivity (Wildman–Crippen MR) is 268 cm³/mol. The Morgan fingerprint density at radius 1 is 0.645 bits per heavy atom. The first-order chi connectivity index (χ1) is 29.5. The standard InChI is InChI=1S/C59H63BN2/c1-35-29-36(2)52(37(3)30-35)38-31-44(54-45(32-38)47-21-16-17-39(60-54)34-61-51-22-15-14-20-49(51)58(47,8)9)43-25-24-42-41-18-12-13-19-46(41)59(10,11)53(42)55(43)62-40-23-26-48-50(33-40)57(6,7)28-27-56(48,4)5/h12-13,15-19,21-26,29-34,60-62H,14,20,27-28H2,1-11H3/b17-16-,39-34-,47-21+. The normalized spacial score (nSPS) is 21.6. The van der Waals surface area contributed by atoms with Gasteiger partial charge in [-0.2, -0.15) is 0 Å². The molecule has 6 aliphatic rings. The maximum Gasteiger partial charge on any atom is 0.195 e. The Bertz CT molecular complexity index is 2880. The number of benzene rings is 5. The molecule has 0 spiro atoms. The van der Waals surface area contributed by atoms with Crippen LogP contribution >= 0.6 is 0 Å². The lowest BCUT2D eigenvalue weighted by Gasteiger charge is -2.42. The highest BCUT2D eigenvalue weighted by Crippen LogP contribution is 2.56. The molecule has 5 aromatic rings. The molecular weight excluding hydrogens is 747 g/mol. The molecule has 0 saturated heterocycles. The van der Waals surface area contributed by atoms with E-state index in [1.807, 2.05) is 0 Å². The van der Waals surface area contributed by atoms with Crippen molar-refractivity contribution in [2.24, 2.45) is 5.41 Å². The van der Waals surface area contributed by atoms with Gasteiger partial charge in [-0.15, -0.1) is 0 Å². The van der Waals surface area contributed by atoms with Crippen molar-refractivity contribution in [1.29, 1.82) is 0 Å². The van der Waals surface area contributed by atoms with Crippen molar-refractivity contribution in [1.82, 2.24) is 5.32 Å². The van der Waals surface area contributed by atoms with Gasteiger partial charge in [0.15, 0.2) is 7.28 Å². The number of hydrogen-bond acceptors (Lipinski definition) is 2. The molecule has 0 atom stereocenters. The number of aryl methyl sites for hydroxylation is 3. The average molecular weight is 811 g/mol. The summed E-state index contributed by atoms with van der Waals surface area (Å²) in [5.74, 6) is 0. The first-order valence-electron chi connectivity index (χ1n) is 23.2. The van der Waals surface area contributed by atoms with Gasteiger partial charge in [0.25, 0.3) is 0 Å². The first-order valence-corrected chi connectivity index (χ1v) is 23.2. The van der Waals surface area contributed by atoms with Gasteiger partial charge in [-0.3, -0.25) is 0 Å². The lowest BCUT2D eigenvalue weighted by Crippen LogP contribution is -2.33. The predicted octanol–water partition coefficient (Wildman–Crippen LogP) is 14.4. The van der Waals surface area contributed by atoms with Crippen LogP contribution in [0.3, 0.4) is 0 Å². The third-order valence-corrected chi connectivity index (χ3v) is 15.6. The quantitative estimate of drug-likeness (QED) is 0.177. The van der Waals surface area contributed by atoms with Crippen LogP contribution in [0.5, 0.6) is 0 Å². The Morgan fingerprint density at radius 3 is 2.13 bits per heavy atom. The van der Waals surface area contributed by atoms with Crippen LogP contribution in [0.1, 0.15) is 126 Å². The second-order valence-electron chi connectivity index (χ2n) is 21.5. The molecule has 3 aliphatic heterocycles. The van der Waals surface area contributed by atoms with Crippen molar-refractivity contribution < 1.29 is 0 Å². The molecule has 3 heterocycles. The molecule has 3 aliphatic carbocycles. The maximum absolute atomic E-state index is 4.26. The summed E-state index contributed by atoms with van der Waals surface area (Å²) >= 11 is 0. The fraction of sp³-hybridized carbons (Fsp3) is 0.322. The van der Waals surface area contributed by atoms with Crippen LogP contribution in [0.4, 0.5) is 11.4 Å². The summed E-state index contributed by atoms with van der Waals surface area (Å²) in [6.07, 6.45) is 18.4. The van der Waals surface area contributed by atoms with Gasteiger partial charge in [0.05, 0.1) is 5.69 Å². The second-order valence-corrected chi connectivity index (χ2v) is 21.5. The molecule has 0 fully saturated rings. The Balaban J connectivity index is 1.29. The minimum atomic E-state index is -0.228. The lowest BCUT2D eigenvalue weighted by atomic mass is 9.55.